The summed E-state index contributed by atoms with van der Waals surface area (Å²) in [5.74, 6) is 3.18. The molecule has 5 nitrogen and oxygen atoms in total. The summed E-state index contributed by atoms with van der Waals surface area (Å²) < 4.78 is 18.4. The van der Waals surface area contributed by atoms with Gasteiger partial charge in [0.2, 0.25) is 0 Å². The molecule has 0 atom stereocenters. The Morgan fingerprint density at radius 3 is 1.22 bits per heavy atom. The van der Waals surface area contributed by atoms with E-state index in [1.54, 1.807) is 0 Å². The van der Waals surface area contributed by atoms with Crippen LogP contribution in [-0.4, -0.2) is 23.9 Å². The Morgan fingerprint density at radius 2 is 0.743 bits per heavy atom. The Kier molecular flexibility index (Phi) is 9.37. The molecular formula is C67H42BN3O2Si. The summed E-state index contributed by atoms with van der Waals surface area (Å²) in [5.41, 5.74) is 11.3. The molecule has 2 aliphatic rings. The minimum absolute atomic E-state index is 0.0522. The van der Waals surface area contributed by atoms with Crippen molar-refractivity contribution in [3.63, 3.8) is 0 Å². The fourth-order valence-corrected chi connectivity index (χ4v) is 17.3. The van der Waals surface area contributed by atoms with Crippen molar-refractivity contribution in [2.75, 3.05) is 0 Å². The molecule has 0 saturated carbocycles. The zero-order valence-corrected chi connectivity index (χ0v) is 41.0. The maximum Gasteiger partial charge on any atom is 0.260 e. The highest BCUT2D eigenvalue weighted by Crippen LogP contribution is 2.43. The average molecular weight is 960 g/mol. The molecule has 7 heteroatoms. The van der Waals surface area contributed by atoms with Crippen molar-refractivity contribution >= 4 is 95.5 Å². The zero-order valence-electron chi connectivity index (χ0n) is 40.0. The van der Waals surface area contributed by atoms with E-state index in [-0.39, 0.29) is 6.71 Å². The van der Waals surface area contributed by atoms with Crippen LogP contribution in [0.4, 0.5) is 0 Å². The number of fused-ring (bicyclic) bond motifs is 10. The molecule has 0 bridgehead atoms. The third kappa shape index (κ3) is 6.10. The van der Waals surface area contributed by atoms with E-state index in [0.717, 1.165) is 105 Å². The van der Waals surface area contributed by atoms with E-state index < -0.39 is 8.07 Å². The second-order valence-electron chi connectivity index (χ2n) is 19.4. The number of hydrogen-bond acceptors (Lipinski definition) is 3. The Morgan fingerprint density at radius 1 is 0.351 bits per heavy atom. The van der Waals surface area contributed by atoms with Crippen molar-refractivity contribution in [1.29, 1.82) is 5.26 Å². The highest BCUT2D eigenvalue weighted by molar-refractivity contribution is 7.20. The highest BCUT2D eigenvalue weighted by Gasteiger charge is 2.43. The van der Waals surface area contributed by atoms with Crippen LogP contribution >= 0.6 is 0 Å². The van der Waals surface area contributed by atoms with Gasteiger partial charge in [-0.3, -0.25) is 0 Å². The molecule has 0 fully saturated rings. The summed E-state index contributed by atoms with van der Waals surface area (Å²) in [6, 6.07) is 94.2. The lowest BCUT2D eigenvalue weighted by atomic mass is 9.35. The number of nitriles is 1. The van der Waals surface area contributed by atoms with Crippen LogP contribution in [0.15, 0.2) is 255 Å². The van der Waals surface area contributed by atoms with Crippen LogP contribution in [0.3, 0.4) is 0 Å². The molecule has 0 N–H and O–H groups in total. The molecule has 0 spiro atoms. The van der Waals surface area contributed by atoms with Gasteiger partial charge in [-0.15, -0.1) is 0 Å². The number of nitrogens with zero attached hydrogens (tertiary/aromatic N) is 3. The molecule has 11 aromatic carbocycles. The SMILES string of the molecule is N#Cc1c(-n2c3ccccc3c3ccccc32)cc(-c2cc3c4c(c2)Oc2ccccc2B4c2ccccc2O3)cc1-n1c2ccccc2c2cc([Si](c3ccccc3)(c3ccccc3)c3ccccc3)ccc21. The summed E-state index contributed by atoms with van der Waals surface area (Å²) >= 11 is 0. The van der Waals surface area contributed by atoms with E-state index in [2.05, 4.69) is 258 Å². The average Bonchev–Trinajstić information content (AvgIpc) is 3.99. The molecule has 0 saturated heterocycles. The molecular weight excluding hydrogens is 918 g/mol. The van der Waals surface area contributed by atoms with Gasteiger partial charge in [-0.25, -0.2) is 0 Å². The molecule has 2 aliphatic heterocycles. The maximum absolute atomic E-state index is 11.8. The van der Waals surface area contributed by atoms with Gasteiger partial charge in [0.05, 0.1) is 33.4 Å². The lowest BCUT2D eigenvalue weighted by Gasteiger charge is -2.34. The predicted octanol–water partition coefficient (Wildman–Crippen LogP) is 11.5. The van der Waals surface area contributed by atoms with Crippen LogP contribution < -0.4 is 46.6 Å². The fraction of sp³-hybridized carbons (Fsp3) is 0. The van der Waals surface area contributed by atoms with Gasteiger partial charge in [-0.1, -0.05) is 194 Å². The van der Waals surface area contributed by atoms with Gasteiger partial charge in [-0.05, 0) is 103 Å². The normalized spacial score (nSPS) is 12.5. The van der Waals surface area contributed by atoms with E-state index in [1.165, 1.54) is 20.7 Å². The summed E-state index contributed by atoms with van der Waals surface area (Å²) in [6.07, 6.45) is 0. The largest absolute Gasteiger partial charge is 0.458 e. The maximum atomic E-state index is 11.8. The minimum atomic E-state index is -2.90. The van der Waals surface area contributed by atoms with Crippen LogP contribution in [0.5, 0.6) is 23.0 Å². The number of hydrogen-bond donors (Lipinski definition) is 0. The van der Waals surface area contributed by atoms with E-state index in [0.29, 0.717) is 5.56 Å². The monoisotopic (exact) mass is 959 g/mol. The Bertz CT molecular complexity index is 4240. The molecule has 13 aromatic rings. The lowest BCUT2D eigenvalue weighted by Crippen LogP contribution is -2.74. The molecule has 15 rings (SSSR count). The second kappa shape index (κ2) is 16.5. The summed E-state index contributed by atoms with van der Waals surface area (Å²) in [5, 5.41) is 21.5. The van der Waals surface area contributed by atoms with Gasteiger partial charge < -0.3 is 18.6 Å². The van der Waals surface area contributed by atoms with Crippen LogP contribution in [0.2, 0.25) is 0 Å². The quantitative estimate of drug-likeness (QED) is 0.118. The van der Waals surface area contributed by atoms with Crippen molar-refractivity contribution < 1.29 is 9.47 Å². The molecule has 0 radical (unpaired) electrons. The van der Waals surface area contributed by atoms with E-state index in [9.17, 15) is 5.26 Å². The lowest BCUT2D eigenvalue weighted by molar-refractivity contribution is 0.465. The van der Waals surface area contributed by atoms with E-state index >= 15 is 0 Å². The molecule has 74 heavy (non-hydrogen) atoms. The van der Waals surface area contributed by atoms with Crippen LogP contribution in [0, 0.1) is 11.3 Å². The van der Waals surface area contributed by atoms with Gasteiger partial charge >= 0.3 is 0 Å². The number of ether oxygens (including phenoxy) is 2. The van der Waals surface area contributed by atoms with Gasteiger partial charge in [0.15, 0.2) is 8.07 Å². The van der Waals surface area contributed by atoms with Crippen molar-refractivity contribution in [2.24, 2.45) is 0 Å². The first kappa shape index (κ1) is 42.1. The Labute approximate surface area is 429 Å². The summed E-state index contributed by atoms with van der Waals surface area (Å²) in [7, 11) is -2.90. The van der Waals surface area contributed by atoms with E-state index in [1.807, 2.05) is 12.1 Å². The zero-order chi connectivity index (χ0) is 48.9. The first-order chi connectivity index (χ1) is 36.7. The van der Waals surface area contributed by atoms with Gasteiger partial charge in [0, 0.05) is 27.0 Å². The number of aromatic nitrogens is 2. The minimum Gasteiger partial charge on any atom is -0.458 e. The molecule has 0 aliphatic carbocycles. The molecule has 2 aromatic heterocycles. The summed E-state index contributed by atoms with van der Waals surface area (Å²) in [6.45, 7) is -0.0522. The predicted molar refractivity (Wildman–Crippen MR) is 307 cm³/mol. The number of para-hydroxylation sites is 5. The van der Waals surface area contributed by atoms with Crippen molar-refractivity contribution in [2.45, 2.75) is 0 Å². The van der Waals surface area contributed by atoms with Gasteiger partial charge in [0.1, 0.15) is 34.6 Å². The first-order valence-corrected chi connectivity index (χ1v) is 27.2. The van der Waals surface area contributed by atoms with Gasteiger partial charge in [-0.2, -0.15) is 5.26 Å². The third-order valence-corrected chi connectivity index (χ3v) is 20.4. The third-order valence-electron chi connectivity index (χ3n) is 15.6. The molecule has 0 unspecified atom stereocenters. The molecule has 344 valence electrons. The highest BCUT2D eigenvalue weighted by atomic mass is 28.3. The van der Waals surface area contributed by atoms with Crippen LogP contribution in [0.1, 0.15) is 5.56 Å². The fourth-order valence-electron chi connectivity index (χ4n) is 12.5. The van der Waals surface area contributed by atoms with E-state index in [4.69, 9.17) is 9.47 Å². The first-order valence-electron chi connectivity index (χ1n) is 25.2. The van der Waals surface area contributed by atoms with Crippen LogP contribution in [0.25, 0.3) is 66.1 Å². The molecule has 0 amide bonds. The summed E-state index contributed by atoms with van der Waals surface area (Å²) in [4.78, 5) is 0. The Balaban J connectivity index is 1.03. The van der Waals surface area contributed by atoms with Gasteiger partial charge in [0.25, 0.3) is 6.71 Å². The van der Waals surface area contributed by atoms with Crippen molar-refractivity contribution in [3.05, 3.63) is 260 Å². The molecule has 4 heterocycles. The standard InChI is InChI=1S/C67H42BN3O2Si/c69-43-54-61(70-57-31-15-10-26-50(57)51-27-11-16-32-58(51)70)38-44(45-40-65-67-66(41-45)73-64-35-19-14-30-56(64)68(67)55-29-13-18-34-63(55)72-65)39-62(54)71-59-33-17-12-28-52(59)53-42-49(36-37-60(53)71)74(46-20-4-1-5-21-46,47-22-6-2-7-23-47)48-24-8-3-9-25-48/h1-42H. The topological polar surface area (TPSA) is 52.1 Å². The second-order valence-corrected chi connectivity index (χ2v) is 23.2. The Hall–Kier alpha value is -9.61. The number of benzene rings is 11. The smallest absolute Gasteiger partial charge is 0.260 e. The number of rotatable bonds is 7. The van der Waals surface area contributed by atoms with Crippen LogP contribution in [-0.2, 0) is 0 Å². The van der Waals surface area contributed by atoms with Crippen molar-refractivity contribution in [3.8, 4) is 51.6 Å². The van der Waals surface area contributed by atoms with Crippen molar-refractivity contribution in [1.82, 2.24) is 9.13 Å².